The molecule has 1 aromatic heterocycles. The maximum atomic E-state index is 13.4. The van der Waals surface area contributed by atoms with E-state index in [1.807, 2.05) is 32.0 Å². The van der Waals surface area contributed by atoms with Crippen LogP contribution < -0.4 is 20.1 Å². The number of benzene rings is 2. The van der Waals surface area contributed by atoms with Crippen molar-refractivity contribution >= 4 is 29.1 Å². The van der Waals surface area contributed by atoms with Crippen molar-refractivity contribution < 1.29 is 14.3 Å². The first-order valence-electron chi connectivity index (χ1n) is 9.87. The van der Waals surface area contributed by atoms with Gasteiger partial charge in [0.1, 0.15) is 25.1 Å². The van der Waals surface area contributed by atoms with Crippen molar-refractivity contribution in [3.63, 3.8) is 0 Å². The number of aryl methyl sites for hydroxylation is 1. The Hall–Kier alpha value is -3.52. The van der Waals surface area contributed by atoms with E-state index in [0.717, 1.165) is 5.56 Å². The van der Waals surface area contributed by atoms with Crippen molar-refractivity contribution in [2.75, 3.05) is 23.8 Å². The maximum absolute atomic E-state index is 13.4. The minimum Gasteiger partial charge on any atom is -0.486 e. The van der Waals surface area contributed by atoms with Crippen molar-refractivity contribution in [3.05, 3.63) is 70.1 Å². The van der Waals surface area contributed by atoms with Crippen molar-refractivity contribution in [2.45, 2.75) is 19.9 Å². The molecule has 2 aliphatic heterocycles. The number of hydrogen-bond donors (Lipinski definition) is 2. The highest BCUT2D eigenvalue weighted by molar-refractivity contribution is 6.31. The molecule has 2 aromatic carbocycles. The van der Waals surface area contributed by atoms with Gasteiger partial charge in [-0.05, 0) is 49.7 Å². The van der Waals surface area contributed by atoms with Crippen LogP contribution in [0.3, 0.4) is 0 Å². The zero-order chi connectivity index (χ0) is 21.5. The summed E-state index contributed by atoms with van der Waals surface area (Å²) in [6.45, 7) is 4.66. The van der Waals surface area contributed by atoms with Gasteiger partial charge in [0, 0.05) is 16.4 Å². The molecule has 0 saturated heterocycles. The summed E-state index contributed by atoms with van der Waals surface area (Å²) >= 11 is 6.08. The molecule has 2 N–H and O–H groups in total. The lowest BCUT2D eigenvalue weighted by molar-refractivity contribution is -0.113. The fourth-order valence-electron chi connectivity index (χ4n) is 3.85. The number of anilines is 2. The Labute approximate surface area is 183 Å². The molecule has 0 radical (unpaired) electrons. The van der Waals surface area contributed by atoms with Gasteiger partial charge in [0.2, 0.25) is 5.95 Å². The predicted molar refractivity (Wildman–Crippen MR) is 117 cm³/mol. The number of rotatable bonds is 3. The van der Waals surface area contributed by atoms with Gasteiger partial charge in [-0.2, -0.15) is 10.1 Å². The van der Waals surface area contributed by atoms with Crippen LogP contribution in [0.2, 0.25) is 5.02 Å². The molecule has 0 bridgehead atoms. The third kappa shape index (κ3) is 3.59. The monoisotopic (exact) mass is 437 g/mol. The fourth-order valence-corrected chi connectivity index (χ4v) is 4.05. The van der Waals surface area contributed by atoms with Gasteiger partial charge in [-0.15, -0.1) is 0 Å². The zero-order valence-electron chi connectivity index (χ0n) is 17.0. The summed E-state index contributed by atoms with van der Waals surface area (Å²) in [5.41, 5.74) is 2.67. The van der Waals surface area contributed by atoms with Gasteiger partial charge in [0.05, 0.1) is 5.57 Å². The summed E-state index contributed by atoms with van der Waals surface area (Å²) in [4.78, 5) is 17.9. The van der Waals surface area contributed by atoms with Crippen molar-refractivity contribution in [1.82, 2.24) is 14.8 Å². The molecule has 0 saturated carbocycles. The number of amides is 1. The Balaban J connectivity index is 1.59. The molecule has 3 aromatic rings. The minimum absolute atomic E-state index is 0.258. The molecule has 2 aliphatic rings. The van der Waals surface area contributed by atoms with Crippen LogP contribution in [0, 0.1) is 6.92 Å². The number of nitrogens with one attached hydrogen (secondary N) is 2. The molecule has 5 rings (SSSR count). The minimum atomic E-state index is -0.493. The lowest BCUT2D eigenvalue weighted by Gasteiger charge is -2.29. The summed E-state index contributed by atoms with van der Waals surface area (Å²) in [6, 6.07) is 12.2. The third-order valence-corrected chi connectivity index (χ3v) is 5.40. The van der Waals surface area contributed by atoms with Crippen LogP contribution in [0.15, 0.2) is 53.7 Å². The Kier molecular flexibility index (Phi) is 4.78. The number of nitrogens with zero attached hydrogens (tertiary/aromatic N) is 3. The van der Waals surface area contributed by atoms with Crippen LogP contribution in [0.4, 0.5) is 11.6 Å². The zero-order valence-corrected chi connectivity index (χ0v) is 17.7. The van der Waals surface area contributed by atoms with E-state index in [1.54, 1.807) is 28.9 Å². The van der Waals surface area contributed by atoms with Crippen LogP contribution in [-0.2, 0) is 4.79 Å². The van der Waals surface area contributed by atoms with Crippen molar-refractivity contribution in [1.29, 1.82) is 0 Å². The van der Waals surface area contributed by atoms with Gasteiger partial charge in [0.15, 0.2) is 11.5 Å². The van der Waals surface area contributed by atoms with Gasteiger partial charge in [-0.25, -0.2) is 4.68 Å². The molecule has 31 heavy (non-hydrogen) atoms. The SMILES string of the molecule is CC1=C(C(=O)Nc2cccc(Cl)c2)C(c2ccc3c(c2)OCCO3)n2nc(C)nc2N1. The third-order valence-electron chi connectivity index (χ3n) is 5.17. The lowest BCUT2D eigenvalue weighted by Crippen LogP contribution is -2.31. The number of aromatic nitrogens is 3. The van der Waals surface area contributed by atoms with E-state index < -0.39 is 6.04 Å². The molecular weight excluding hydrogens is 418 g/mol. The molecular formula is C22H20ClN5O3. The standard InChI is InChI=1S/C22H20ClN5O3/c1-12-19(21(29)26-16-5-3-4-15(23)11-16)20(28-22(24-12)25-13(2)27-28)14-6-7-17-18(10-14)31-9-8-30-17/h3-7,10-11,20H,8-9H2,1-2H3,(H,26,29)(H,24,25,27). The molecule has 8 nitrogen and oxygen atoms in total. The Morgan fingerprint density at radius 2 is 1.97 bits per heavy atom. The Bertz CT molecular complexity index is 1220. The van der Waals surface area contributed by atoms with Crippen LogP contribution in [0.5, 0.6) is 11.5 Å². The van der Waals surface area contributed by atoms with Gasteiger partial charge in [-0.3, -0.25) is 4.79 Å². The normalized spacial score (nSPS) is 17.1. The van der Waals surface area contributed by atoms with E-state index in [2.05, 4.69) is 20.7 Å². The largest absolute Gasteiger partial charge is 0.486 e. The first-order chi connectivity index (χ1) is 15.0. The van der Waals surface area contributed by atoms with E-state index >= 15 is 0 Å². The highest BCUT2D eigenvalue weighted by Crippen LogP contribution is 2.39. The molecule has 1 atom stereocenters. The highest BCUT2D eigenvalue weighted by atomic mass is 35.5. The molecule has 1 amide bonds. The first kappa shape index (κ1) is 19.4. The van der Waals surface area contributed by atoms with Crippen LogP contribution in [0.1, 0.15) is 24.4 Å². The number of fused-ring (bicyclic) bond motifs is 2. The smallest absolute Gasteiger partial charge is 0.255 e. The summed E-state index contributed by atoms with van der Waals surface area (Å²) in [7, 11) is 0. The average Bonchev–Trinajstić information content (AvgIpc) is 3.11. The van der Waals surface area contributed by atoms with Gasteiger partial charge >= 0.3 is 0 Å². The lowest BCUT2D eigenvalue weighted by atomic mass is 9.94. The summed E-state index contributed by atoms with van der Waals surface area (Å²) in [6.07, 6.45) is 0. The second kappa shape index (κ2) is 7.63. The van der Waals surface area contributed by atoms with E-state index in [0.29, 0.717) is 58.5 Å². The van der Waals surface area contributed by atoms with Crippen molar-refractivity contribution in [2.24, 2.45) is 0 Å². The van der Waals surface area contributed by atoms with Crippen LogP contribution in [-0.4, -0.2) is 33.9 Å². The number of allylic oxidation sites excluding steroid dienone is 1. The van der Waals surface area contributed by atoms with Gasteiger partial charge in [0.25, 0.3) is 5.91 Å². The van der Waals surface area contributed by atoms with E-state index in [4.69, 9.17) is 21.1 Å². The van der Waals surface area contributed by atoms with Crippen molar-refractivity contribution in [3.8, 4) is 11.5 Å². The topological polar surface area (TPSA) is 90.3 Å². The van der Waals surface area contributed by atoms with Crippen LogP contribution >= 0.6 is 11.6 Å². The van der Waals surface area contributed by atoms with Crippen LogP contribution in [0.25, 0.3) is 0 Å². The molecule has 1 unspecified atom stereocenters. The van der Waals surface area contributed by atoms with Gasteiger partial charge in [-0.1, -0.05) is 23.7 Å². The molecule has 158 valence electrons. The summed E-state index contributed by atoms with van der Waals surface area (Å²) in [5.74, 6) is 2.26. The predicted octanol–water partition coefficient (Wildman–Crippen LogP) is 3.94. The molecule has 9 heteroatoms. The highest BCUT2D eigenvalue weighted by Gasteiger charge is 2.34. The fraction of sp³-hybridized carbons (Fsp3) is 0.227. The number of halogens is 1. The summed E-state index contributed by atoms with van der Waals surface area (Å²) < 4.78 is 13.1. The molecule has 3 heterocycles. The molecule has 0 aliphatic carbocycles. The average molecular weight is 438 g/mol. The Morgan fingerprint density at radius 3 is 2.77 bits per heavy atom. The molecule has 0 fully saturated rings. The number of carbonyl (C=O) groups excluding carboxylic acids is 1. The number of ether oxygens (including phenoxy) is 2. The maximum Gasteiger partial charge on any atom is 0.255 e. The number of carbonyl (C=O) groups is 1. The quantitative estimate of drug-likeness (QED) is 0.645. The Morgan fingerprint density at radius 1 is 1.16 bits per heavy atom. The van der Waals surface area contributed by atoms with E-state index in [-0.39, 0.29) is 5.91 Å². The van der Waals surface area contributed by atoms with E-state index in [9.17, 15) is 4.79 Å². The molecule has 0 spiro atoms. The first-order valence-corrected chi connectivity index (χ1v) is 10.2. The second-order valence-corrected chi connectivity index (χ2v) is 7.80. The van der Waals surface area contributed by atoms with Gasteiger partial charge < -0.3 is 20.1 Å². The second-order valence-electron chi connectivity index (χ2n) is 7.36. The number of hydrogen-bond acceptors (Lipinski definition) is 6. The summed E-state index contributed by atoms with van der Waals surface area (Å²) in [5, 5.41) is 11.2. The van der Waals surface area contributed by atoms with E-state index in [1.165, 1.54) is 0 Å².